The van der Waals surface area contributed by atoms with Crippen LogP contribution in [-0.4, -0.2) is 12.0 Å². The molecule has 2 aromatic carbocycles. The minimum absolute atomic E-state index is 0.0645. The lowest BCUT2D eigenvalue weighted by Crippen LogP contribution is -2.37. The van der Waals surface area contributed by atoms with Gasteiger partial charge in [0.05, 0.1) is 0 Å². The summed E-state index contributed by atoms with van der Waals surface area (Å²) in [5, 5.41) is 3.03. The Labute approximate surface area is 145 Å². The van der Waals surface area contributed by atoms with Crippen molar-refractivity contribution < 1.29 is 9.53 Å². The number of hydrogen-bond donors (Lipinski definition) is 1. The molecule has 0 saturated heterocycles. The van der Waals surface area contributed by atoms with Gasteiger partial charge in [-0.1, -0.05) is 57.2 Å². The monoisotopic (exact) mass is 325 g/mol. The highest BCUT2D eigenvalue weighted by molar-refractivity contribution is 5.81. The van der Waals surface area contributed by atoms with Crippen LogP contribution in [0.25, 0.3) is 0 Å². The molecule has 2 rings (SSSR count). The number of benzene rings is 2. The number of para-hydroxylation sites is 1. The lowest BCUT2D eigenvalue weighted by molar-refractivity contribution is -0.128. The first-order chi connectivity index (χ1) is 11.7. The van der Waals surface area contributed by atoms with Crippen LogP contribution in [0, 0.1) is 0 Å². The molecular weight excluding hydrogens is 298 g/mol. The molecule has 0 aromatic heterocycles. The highest BCUT2D eigenvalue weighted by atomic mass is 16.5. The molecule has 0 heterocycles. The molecule has 1 N–H and O–H groups in total. The van der Waals surface area contributed by atoms with Crippen LogP contribution in [0.4, 0.5) is 0 Å². The van der Waals surface area contributed by atoms with E-state index in [0.29, 0.717) is 13.0 Å². The zero-order valence-corrected chi connectivity index (χ0v) is 14.8. The van der Waals surface area contributed by atoms with Gasteiger partial charge in [-0.3, -0.25) is 4.79 Å². The molecule has 2 aromatic rings. The molecule has 3 heteroatoms. The molecule has 0 bridgehead atoms. The van der Waals surface area contributed by atoms with Gasteiger partial charge in [0.15, 0.2) is 6.10 Å². The third-order valence-corrected chi connectivity index (χ3v) is 4.20. The van der Waals surface area contributed by atoms with Gasteiger partial charge in [-0.25, -0.2) is 0 Å². The predicted molar refractivity (Wildman–Crippen MR) is 98.2 cm³/mol. The molecule has 0 aliphatic rings. The van der Waals surface area contributed by atoms with Crippen LogP contribution in [0.3, 0.4) is 0 Å². The Morgan fingerprint density at radius 1 is 1.00 bits per heavy atom. The van der Waals surface area contributed by atoms with Gasteiger partial charge in [-0.05, 0) is 48.1 Å². The third-order valence-electron chi connectivity index (χ3n) is 4.20. The zero-order chi connectivity index (χ0) is 17.4. The van der Waals surface area contributed by atoms with E-state index in [0.717, 1.165) is 18.6 Å². The summed E-state index contributed by atoms with van der Waals surface area (Å²) in [6.07, 6.45) is 2.13. The fourth-order valence-corrected chi connectivity index (χ4v) is 2.69. The van der Waals surface area contributed by atoms with Gasteiger partial charge in [-0.15, -0.1) is 0 Å². The van der Waals surface area contributed by atoms with E-state index < -0.39 is 6.10 Å². The SMILES string of the molecule is CCc1ccc(CC)c(CNC(=O)[C@@H](CC)Oc2ccccc2)c1. The summed E-state index contributed by atoms with van der Waals surface area (Å²) in [6, 6.07) is 16.0. The van der Waals surface area contributed by atoms with Crippen LogP contribution in [-0.2, 0) is 24.2 Å². The Balaban J connectivity index is 2.00. The van der Waals surface area contributed by atoms with E-state index in [4.69, 9.17) is 4.74 Å². The van der Waals surface area contributed by atoms with Crippen LogP contribution in [0.1, 0.15) is 43.9 Å². The molecule has 3 nitrogen and oxygen atoms in total. The van der Waals surface area contributed by atoms with Gasteiger partial charge < -0.3 is 10.1 Å². The normalized spacial score (nSPS) is 11.8. The Morgan fingerprint density at radius 3 is 2.38 bits per heavy atom. The van der Waals surface area contributed by atoms with E-state index >= 15 is 0 Å². The van der Waals surface area contributed by atoms with Crippen LogP contribution in [0.2, 0.25) is 0 Å². The number of nitrogens with one attached hydrogen (secondary N) is 1. The minimum Gasteiger partial charge on any atom is -0.481 e. The largest absolute Gasteiger partial charge is 0.481 e. The fraction of sp³-hybridized carbons (Fsp3) is 0.381. The number of hydrogen-bond acceptors (Lipinski definition) is 2. The highest BCUT2D eigenvalue weighted by Gasteiger charge is 2.18. The average Bonchev–Trinajstić information content (AvgIpc) is 2.64. The maximum absolute atomic E-state index is 12.5. The third kappa shape index (κ3) is 4.85. The number of carbonyl (C=O) groups excluding carboxylic acids is 1. The second-order valence-corrected chi connectivity index (χ2v) is 5.86. The van der Waals surface area contributed by atoms with Crippen molar-refractivity contribution in [3.63, 3.8) is 0 Å². The topological polar surface area (TPSA) is 38.3 Å². The summed E-state index contributed by atoms with van der Waals surface area (Å²) in [4.78, 5) is 12.5. The lowest BCUT2D eigenvalue weighted by Gasteiger charge is -2.18. The number of amides is 1. The van der Waals surface area contributed by atoms with Crippen molar-refractivity contribution in [2.75, 3.05) is 0 Å². The number of rotatable bonds is 8. The van der Waals surface area contributed by atoms with Crippen molar-refractivity contribution in [1.29, 1.82) is 0 Å². The average molecular weight is 325 g/mol. The molecule has 0 unspecified atom stereocenters. The molecule has 0 saturated carbocycles. The van der Waals surface area contributed by atoms with Crippen LogP contribution in [0.5, 0.6) is 5.75 Å². The van der Waals surface area contributed by atoms with Crippen molar-refractivity contribution in [3.05, 3.63) is 65.2 Å². The second-order valence-electron chi connectivity index (χ2n) is 5.86. The van der Waals surface area contributed by atoms with E-state index in [1.807, 2.05) is 37.3 Å². The first-order valence-electron chi connectivity index (χ1n) is 8.78. The molecule has 0 radical (unpaired) electrons. The molecule has 24 heavy (non-hydrogen) atoms. The smallest absolute Gasteiger partial charge is 0.261 e. The van der Waals surface area contributed by atoms with Crippen molar-refractivity contribution in [3.8, 4) is 5.75 Å². The molecular formula is C21H27NO2. The zero-order valence-electron chi connectivity index (χ0n) is 14.8. The van der Waals surface area contributed by atoms with Gasteiger partial charge in [0.25, 0.3) is 5.91 Å². The molecule has 0 fully saturated rings. The van der Waals surface area contributed by atoms with Crippen LogP contribution < -0.4 is 10.1 Å². The number of aryl methyl sites for hydroxylation is 2. The predicted octanol–water partition coefficient (Wildman–Crippen LogP) is 4.29. The first kappa shape index (κ1) is 18.1. The fourth-order valence-electron chi connectivity index (χ4n) is 2.69. The molecule has 0 aliphatic heterocycles. The summed E-state index contributed by atoms with van der Waals surface area (Å²) in [5.74, 6) is 0.659. The van der Waals surface area contributed by atoms with Gasteiger partial charge in [0.2, 0.25) is 0 Å². The summed E-state index contributed by atoms with van der Waals surface area (Å²) < 4.78 is 5.80. The quantitative estimate of drug-likeness (QED) is 0.786. The standard InChI is InChI=1S/C21H27NO2/c1-4-16-12-13-17(5-2)18(14-16)15-22-21(23)20(6-3)24-19-10-8-7-9-11-19/h7-14,20H,4-6,15H2,1-3H3,(H,22,23)/t20-/m1/s1. The maximum Gasteiger partial charge on any atom is 0.261 e. The molecule has 1 amide bonds. The van der Waals surface area contributed by atoms with Crippen LogP contribution >= 0.6 is 0 Å². The van der Waals surface area contributed by atoms with E-state index in [-0.39, 0.29) is 5.91 Å². The van der Waals surface area contributed by atoms with Crippen molar-refractivity contribution >= 4 is 5.91 Å². The van der Waals surface area contributed by atoms with Gasteiger partial charge in [-0.2, -0.15) is 0 Å². The Hall–Kier alpha value is -2.29. The van der Waals surface area contributed by atoms with Crippen molar-refractivity contribution in [1.82, 2.24) is 5.32 Å². The molecule has 128 valence electrons. The molecule has 0 spiro atoms. The maximum atomic E-state index is 12.5. The number of ether oxygens (including phenoxy) is 1. The van der Waals surface area contributed by atoms with Crippen molar-refractivity contribution in [2.45, 2.75) is 52.7 Å². The van der Waals surface area contributed by atoms with Gasteiger partial charge >= 0.3 is 0 Å². The van der Waals surface area contributed by atoms with E-state index in [9.17, 15) is 4.79 Å². The summed E-state index contributed by atoms with van der Waals surface area (Å²) >= 11 is 0. The number of carbonyl (C=O) groups is 1. The molecule has 1 atom stereocenters. The van der Waals surface area contributed by atoms with Gasteiger partial charge in [0, 0.05) is 6.54 Å². The minimum atomic E-state index is -0.466. The highest BCUT2D eigenvalue weighted by Crippen LogP contribution is 2.15. The van der Waals surface area contributed by atoms with E-state index in [1.165, 1.54) is 16.7 Å². The first-order valence-corrected chi connectivity index (χ1v) is 8.78. The summed E-state index contributed by atoms with van der Waals surface area (Å²) in [5.41, 5.74) is 3.77. The van der Waals surface area contributed by atoms with E-state index in [2.05, 4.69) is 37.4 Å². The van der Waals surface area contributed by atoms with Gasteiger partial charge in [0.1, 0.15) is 5.75 Å². The lowest BCUT2D eigenvalue weighted by atomic mass is 10.0. The second kappa shape index (κ2) is 9.11. The Bertz CT molecular complexity index is 652. The van der Waals surface area contributed by atoms with E-state index in [1.54, 1.807) is 0 Å². The summed E-state index contributed by atoms with van der Waals surface area (Å²) in [6.45, 7) is 6.79. The Kier molecular flexibility index (Phi) is 6.86. The van der Waals surface area contributed by atoms with Crippen molar-refractivity contribution in [2.24, 2.45) is 0 Å². The molecule has 0 aliphatic carbocycles. The summed E-state index contributed by atoms with van der Waals surface area (Å²) in [7, 11) is 0. The Morgan fingerprint density at radius 2 is 1.75 bits per heavy atom. The van der Waals surface area contributed by atoms with Crippen LogP contribution in [0.15, 0.2) is 48.5 Å².